The van der Waals surface area contributed by atoms with Crippen molar-refractivity contribution in [3.05, 3.63) is 0 Å². The second-order valence-electron chi connectivity index (χ2n) is 6.51. The van der Waals surface area contributed by atoms with Gasteiger partial charge in [0.05, 0.1) is 12.7 Å². The molecule has 128 valence electrons. The quantitative estimate of drug-likeness (QED) is 0.517. The topological polar surface area (TPSA) is 44.7 Å². The molecule has 0 rings (SSSR count). The van der Waals surface area contributed by atoms with E-state index in [0.717, 1.165) is 26.0 Å². The van der Waals surface area contributed by atoms with Gasteiger partial charge in [0, 0.05) is 19.2 Å². The van der Waals surface area contributed by atoms with Crippen LogP contribution < -0.4 is 5.32 Å². The number of unbranched alkanes of at least 4 members (excludes halogenated alkanes) is 1. The molecule has 0 aromatic carbocycles. The van der Waals surface area contributed by atoms with Crippen LogP contribution in [0.25, 0.3) is 0 Å². The summed E-state index contributed by atoms with van der Waals surface area (Å²) in [6.45, 7) is 9.50. The monoisotopic (exact) mass is 302 g/mol. The lowest BCUT2D eigenvalue weighted by Crippen LogP contribution is -2.37. The minimum absolute atomic E-state index is 0.407. The van der Waals surface area contributed by atoms with Gasteiger partial charge in [-0.2, -0.15) is 0 Å². The molecule has 0 spiro atoms. The van der Waals surface area contributed by atoms with Crippen molar-refractivity contribution < 1.29 is 9.84 Å². The van der Waals surface area contributed by atoms with Crippen LogP contribution in [0.2, 0.25) is 0 Å². The largest absolute Gasteiger partial charge is 0.389 e. The standard InChI is InChI=1S/C17H38N2O2/c1-6-8-9-16(7-2)13-21-14-17(20)12-18-15(3)10-11-19(4)5/h15-18,20H,6-14H2,1-5H3. The van der Waals surface area contributed by atoms with Gasteiger partial charge in [-0.3, -0.25) is 0 Å². The van der Waals surface area contributed by atoms with E-state index in [4.69, 9.17) is 4.74 Å². The zero-order valence-corrected chi connectivity index (χ0v) is 14.9. The first-order valence-electron chi connectivity index (χ1n) is 8.63. The van der Waals surface area contributed by atoms with E-state index < -0.39 is 6.10 Å². The van der Waals surface area contributed by atoms with Gasteiger partial charge in [-0.1, -0.05) is 33.1 Å². The van der Waals surface area contributed by atoms with Crippen molar-refractivity contribution in [1.29, 1.82) is 0 Å². The van der Waals surface area contributed by atoms with Crippen molar-refractivity contribution in [2.24, 2.45) is 5.92 Å². The van der Waals surface area contributed by atoms with Crippen LogP contribution in [0.1, 0.15) is 52.9 Å². The molecule has 0 aliphatic rings. The number of ether oxygens (including phenoxy) is 1. The maximum Gasteiger partial charge on any atom is 0.0897 e. The molecule has 0 aromatic heterocycles. The molecule has 21 heavy (non-hydrogen) atoms. The van der Waals surface area contributed by atoms with E-state index in [1.54, 1.807) is 0 Å². The van der Waals surface area contributed by atoms with Crippen molar-refractivity contribution >= 4 is 0 Å². The smallest absolute Gasteiger partial charge is 0.0897 e. The van der Waals surface area contributed by atoms with Crippen molar-refractivity contribution in [2.75, 3.05) is 40.4 Å². The fourth-order valence-electron chi connectivity index (χ4n) is 2.22. The third-order valence-electron chi connectivity index (χ3n) is 3.92. The summed E-state index contributed by atoms with van der Waals surface area (Å²) in [6, 6.07) is 0.426. The third-order valence-corrected chi connectivity index (χ3v) is 3.92. The Morgan fingerprint density at radius 2 is 1.86 bits per heavy atom. The number of hydrogen-bond donors (Lipinski definition) is 2. The Morgan fingerprint density at radius 1 is 1.14 bits per heavy atom. The van der Waals surface area contributed by atoms with Gasteiger partial charge >= 0.3 is 0 Å². The summed E-state index contributed by atoms with van der Waals surface area (Å²) in [5.74, 6) is 0.643. The predicted molar refractivity (Wildman–Crippen MR) is 90.8 cm³/mol. The van der Waals surface area contributed by atoms with Gasteiger partial charge in [0.15, 0.2) is 0 Å². The van der Waals surface area contributed by atoms with Gasteiger partial charge in [-0.05, 0) is 46.3 Å². The van der Waals surface area contributed by atoms with Crippen LogP contribution in [-0.2, 0) is 4.74 Å². The molecule has 0 aromatic rings. The van der Waals surface area contributed by atoms with Gasteiger partial charge in [0.25, 0.3) is 0 Å². The molecular weight excluding hydrogens is 264 g/mol. The average molecular weight is 303 g/mol. The molecule has 0 radical (unpaired) electrons. The van der Waals surface area contributed by atoms with Crippen LogP contribution in [-0.4, -0.2) is 62.6 Å². The highest BCUT2D eigenvalue weighted by Crippen LogP contribution is 2.12. The third kappa shape index (κ3) is 13.2. The Labute approximate surface area is 132 Å². The fraction of sp³-hybridized carbons (Fsp3) is 1.00. The summed E-state index contributed by atoms with van der Waals surface area (Å²) in [6.07, 6.45) is 5.60. The Kier molecular flexibility index (Phi) is 13.4. The molecular formula is C17H38N2O2. The first kappa shape index (κ1) is 20.8. The van der Waals surface area contributed by atoms with Gasteiger partial charge < -0.3 is 20.1 Å². The minimum Gasteiger partial charge on any atom is -0.389 e. The molecule has 0 heterocycles. The summed E-state index contributed by atoms with van der Waals surface area (Å²) in [4.78, 5) is 2.18. The fourth-order valence-corrected chi connectivity index (χ4v) is 2.22. The van der Waals surface area contributed by atoms with Crippen LogP contribution in [0.5, 0.6) is 0 Å². The van der Waals surface area contributed by atoms with Crippen LogP contribution in [0.15, 0.2) is 0 Å². The first-order chi connectivity index (χ1) is 9.99. The highest BCUT2D eigenvalue weighted by Gasteiger charge is 2.10. The number of aliphatic hydroxyl groups is 1. The number of aliphatic hydroxyl groups excluding tert-OH is 1. The average Bonchev–Trinajstić information content (AvgIpc) is 2.46. The second kappa shape index (κ2) is 13.5. The second-order valence-corrected chi connectivity index (χ2v) is 6.51. The molecule has 0 saturated carbocycles. The van der Waals surface area contributed by atoms with E-state index in [2.05, 4.69) is 45.1 Å². The first-order valence-corrected chi connectivity index (χ1v) is 8.63. The van der Waals surface area contributed by atoms with Crippen LogP contribution >= 0.6 is 0 Å². The molecule has 0 aliphatic heterocycles. The van der Waals surface area contributed by atoms with Crippen molar-refractivity contribution in [3.63, 3.8) is 0 Å². The Hall–Kier alpha value is -0.160. The van der Waals surface area contributed by atoms with E-state index in [-0.39, 0.29) is 0 Å². The Bertz CT molecular complexity index is 225. The number of rotatable bonds is 14. The Morgan fingerprint density at radius 3 is 2.43 bits per heavy atom. The summed E-state index contributed by atoms with van der Waals surface area (Å²) in [5.41, 5.74) is 0. The highest BCUT2D eigenvalue weighted by atomic mass is 16.5. The lowest BCUT2D eigenvalue weighted by Gasteiger charge is -2.20. The van der Waals surface area contributed by atoms with Crippen molar-refractivity contribution in [3.8, 4) is 0 Å². The molecule has 4 nitrogen and oxygen atoms in total. The van der Waals surface area contributed by atoms with Crippen LogP contribution in [0.3, 0.4) is 0 Å². The van der Waals surface area contributed by atoms with Gasteiger partial charge in [0.1, 0.15) is 0 Å². The highest BCUT2D eigenvalue weighted by molar-refractivity contribution is 4.66. The summed E-state index contributed by atoms with van der Waals surface area (Å²) in [5, 5.41) is 13.3. The number of nitrogens with zero attached hydrogens (tertiary/aromatic N) is 1. The lowest BCUT2D eigenvalue weighted by atomic mass is 10.0. The maximum atomic E-state index is 9.94. The van der Waals surface area contributed by atoms with E-state index >= 15 is 0 Å². The van der Waals surface area contributed by atoms with E-state index in [0.29, 0.717) is 25.1 Å². The number of nitrogens with one attached hydrogen (secondary N) is 1. The lowest BCUT2D eigenvalue weighted by molar-refractivity contribution is 0.0183. The summed E-state index contributed by atoms with van der Waals surface area (Å²) < 4.78 is 5.68. The molecule has 0 amide bonds. The SMILES string of the molecule is CCCCC(CC)COCC(O)CNC(C)CCN(C)C. The Balaban J connectivity index is 3.62. The minimum atomic E-state index is -0.407. The molecule has 3 unspecified atom stereocenters. The zero-order valence-electron chi connectivity index (χ0n) is 14.9. The zero-order chi connectivity index (χ0) is 16.1. The molecule has 0 aliphatic carbocycles. The van der Waals surface area contributed by atoms with Crippen molar-refractivity contribution in [1.82, 2.24) is 10.2 Å². The van der Waals surface area contributed by atoms with Gasteiger partial charge in [-0.25, -0.2) is 0 Å². The van der Waals surface area contributed by atoms with Gasteiger partial charge in [-0.15, -0.1) is 0 Å². The summed E-state index contributed by atoms with van der Waals surface area (Å²) >= 11 is 0. The molecule has 2 N–H and O–H groups in total. The maximum absolute atomic E-state index is 9.94. The normalized spacial score (nSPS) is 16.1. The van der Waals surface area contributed by atoms with Crippen LogP contribution in [0, 0.1) is 5.92 Å². The number of hydrogen-bond acceptors (Lipinski definition) is 4. The van der Waals surface area contributed by atoms with Gasteiger partial charge in [0.2, 0.25) is 0 Å². The summed E-state index contributed by atoms with van der Waals surface area (Å²) in [7, 11) is 4.16. The molecule has 0 bridgehead atoms. The molecule has 4 heteroatoms. The van der Waals surface area contributed by atoms with E-state index in [9.17, 15) is 5.11 Å². The van der Waals surface area contributed by atoms with Crippen molar-refractivity contribution in [2.45, 2.75) is 65.0 Å². The van der Waals surface area contributed by atoms with E-state index in [1.807, 2.05) is 0 Å². The van der Waals surface area contributed by atoms with E-state index in [1.165, 1.54) is 19.3 Å². The predicted octanol–water partition coefficient (Wildman–Crippen LogP) is 2.51. The molecule has 0 saturated heterocycles. The van der Waals surface area contributed by atoms with Crippen LogP contribution in [0.4, 0.5) is 0 Å². The molecule has 0 fully saturated rings. The molecule has 3 atom stereocenters.